The maximum atomic E-state index is 10.5. The number of allylic oxidation sites excluding steroid dienone is 1. The van der Waals surface area contributed by atoms with Gasteiger partial charge in [-0.1, -0.05) is 0 Å². The molecule has 0 spiro atoms. The molecule has 0 bridgehead atoms. The minimum atomic E-state index is -0.0474. The third kappa shape index (κ3) is 3.17. The van der Waals surface area contributed by atoms with E-state index in [0.717, 1.165) is 5.56 Å². The molecule has 0 aliphatic rings. The van der Waals surface area contributed by atoms with Crippen LogP contribution in [0.2, 0.25) is 0 Å². The molecule has 0 saturated carbocycles. The van der Waals surface area contributed by atoms with Crippen LogP contribution >= 0.6 is 0 Å². The molecule has 2 heteroatoms. The summed E-state index contributed by atoms with van der Waals surface area (Å²) in [5.41, 5.74) is 1.04. The summed E-state index contributed by atoms with van der Waals surface area (Å²) < 4.78 is -0.0474. The topological polar surface area (TPSA) is 17.1 Å². The molecule has 1 radical (unpaired) electrons. The van der Waals surface area contributed by atoms with Gasteiger partial charge in [0.05, 0.1) is 0 Å². The first-order valence-electron chi connectivity index (χ1n) is 3.23. The molecule has 1 aromatic carbocycles. The second-order valence-electron chi connectivity index (χ2n) is 2.06. The van der Waals surface area contributed by atoms with E-state index in [2.05, 4.69) is 16.0 Å². The monoisotopic (exact) mass is 211 g/mol. The van der Waals surface area contributed by atoms with Crippen molar-refractivity contribution in [2.75, 3.05) is 0 Å². The summed E-state index contributed by atoms with van der Waals surface area (Å²) >= 11 is 2.38. The summed E-state index contributed by atoms with van der Waals surface area (Å²) in [4.78, 5) is 10.5. The van der Waals surface area contributed by atoms with Gasteiger partial charge in [-0.15, -0.1) is 0 Å². The number of hydrogen-bond donors (Lipinski definition) is 0. The standard InChI is InChI=1S/C9H7OSe/c10-9(11)7-6-8-4-2-1-3-5-8/h1-7H/b7-6+. The van der Waals surface area contributed by atoms with E-state index in [1.165, 1.54) is 6.08 Å². The number of rotatable bonds is 2. The average Bonchev–Trinajstić information content (AvgIpc) is 2.03. The number of hydrogen-bond acceptors (Lipinski definition) is 1. The van der Waals surface area contributed by atoms with E-state index in [1.807, 2.05) is 30.3 Å². The zero-order valence-electron chi connectivity index (χ0n) is 5.86. The van der Waals surface area contributed by atoms with Gasteiger partial charge in [-0.3, -0.25) is 0 Å². The van der Waals surface area contributed by atoms with E-state index in [-0.39, 0.29) is 4.68 Å². The molecule has 0 fully saturated rings. The summed E-state index contributed by atoms with van der Waals surface area (Å²) in [6.07, 6.45) is 3.29. The summed E-state index contributed by atoms with van der Waals surface area (Å²) in [5.74, 6) is 0. The Labute approximate surface area is 73.9 Å². The fourth-order valence-electron chi connectivity index (χ4n) is 0.728. The third-order valence-corrected chi connectivity index (χ3v) is 1.50. The Morgan fingerprint density at radius 2 is 1.91 bits per heavy atom. The molecule has 1 nitrogen and oxygen atoms in total. The summed E-state index contributed by atoms with van der Waals surface area (Å²) in [5, 5.41) is 0. The van der Waals surface area contributed by atoms with Crippen molar-refractivity contribution >= 4 is 26.8 Å². The van der Waals surface area contributed by atoms with E-state index in [4.69, 9.17) is 0 Å². The van der Waals surface area contributed by atoms with Crippen molar-refractivity contribution in [1.82, 2.24) is 0 Å². The van der Waals surface area contributed by atoms with Gasteiger partial charge in [0.15, 0.2) is 0 Å². The molecular weight excluding hydrogens is 203 g/mol. The summed E-state index contributed by atoms with van der Waals surface area (Å²) in [6, 6.07) is 9.70. The molecule has 0 N–H and O–H groups in total. The van der Waals surface area contributed by atoms with Crippen LogP contribution in [-0.4, -0.2) is 20.7 Å². The van der Waals surface area contributed by atoms with E-state index in [0.29, 0.717) is 0 Å². The molecule has 0 unspecified atom stereocenters. The predicted octanol–water partition coefficient (Wildman–Crippen LogP) is 1.39. The van der Waals surface area contributed by atoms with Crippen LogP contribution in [0, 0.1) is 0 Å². The van der Waals surface area contributed by atoms with Gasteiger partial charge in [-0.05, 0) is 0 Å². The Balaban J connectivity index is 2.72. The molecule has 0 aliphatic carbocycles. The molecule has 1 aromatic rings. The third-order valence-electron chi connectivity index (χ3n) is 1.21. The molecule has 0 atom stereocenters. The molecule has 0 amide bonds. The second kappa shape index (κ2) is 4.12. The zero-order valence-corrected chi connectivity index (χ0v) is 7.57. The minimum absolute atomic E-state index is 0.0474. The molecule has 0 heterocycles. The van der Waals surface area contributed by atoms with Crippen molar-refractivity contribution in [1.29, 1.82) is 0 Å². The van der Waals surface area contributed by atoms with Gasteiger partial charge in [-0.2, -0.15) is 0 Å². The van der Waals surface area contributed by atoms with E-state index < -0.39 is 0 Å². The SMILES string of the molecule is O=C([Se])/C=C/c1ccccc1. The number of carbonyl (C=O) groups excluding carboxylic acids is 1. The van der Waals surface area contributed by atoms with Gasteiger partial charge in [0, 0.05) is 0 Å². The van der Waals surface area contributed by atoms with E-state index in [9.17, 15) is 4.79 Å². The van der Waals surface area contributed by atoms with Crippen LogP contribution in [0.1, 0.15) is 5.56 Å². The van der Waals surface area contributed by atoms with Gasteiger partial charge >= 0.3 is 73.5 Å². The van der Waals surface area contributed by atoms with Gasteiger partial charge < -0.3 is 0 Å². The molecular formula is C9H7OSe. The van der Waals surface area contributed by atoms with Crippen molar-refractivity contribution < 1.29 is 4.79 Å². The van der Waals surface area contributed by atoms with Crippen molar-refractivity contribution in [3.05, 3.63) is 42.0 Å². The van der Waals surface area contributed by atoms with Crippen LogP contribution in [0.4, 0.5) is 0 Å². The summed E-state index contributed by atoms with van der Waals surface area (Å²) in [7, 11) is 0. The Bertz CT molecular complexity index is 264. The molecule has 0 aliphatic heterocycles. The first-order valence-corrected chi connectivity index (χ1v) is 4.09. The fourth-order valence-corrected chi connectivity index (χ4v) is 0.871. The molecule has 0 aromatic heterocycles. The quantitative estimate of drug-likeness (QED) is 0.532. The van der Waals surface area contributed by atoms with Crippen LogP contribution in [0.15, 0.2) is 36.4 Å². The Morgan fingerprint density at radius 1 is 1.27 bits per heavy atom. The number of carbonyl (C=O) groups is 1. The molecule has 55 valence electrons. The normalized spacial score (nSPS) is 10.2. The first-order chi connectivity index (χ1) is 5.29. The maximum absolute atomic E-state index is 10.5. The van der Waals surface area contributed by atoms with Gasteiger partial charge in [-0.25, -0.2) is 0 Å². The van der Waals surface area contributed by atoms with Gasteiger partial charge in [0.2, 0.25) is 0 Å². The van der Waals surface area contributed by atoms with Gasteiger partial charge in [0.1, 0.15) is 0 Å². The van der Waals surface area contributed by atoms with Crippen LogP contribution in [0.25, 0.3) is 6.08 Å². The molecule has 1 rings (SSSR count). The van der Waals surface area contributed by atoms with E-state index >= 15 is 0 Å². The Hall–Kier alpha value is -0.851. The average molecular weight is 210 g/mol. The van der Waals surface area contributed by atoms with Crippen LogP contribution in [0.3, 0.4) is 0 Å². The Kier molecular flexibility index (Phi) is 3.09. The summed E-state index contributed by atoms with van der Waals surface area (Å²) in [6.45, 7) is 0. The first kappa shape index (κ1) is 8.25. The van der Waals surface area contributed by atoms with Crippen molar-refractivity contribution in [2.24, 2.45) is 0 Å². The molecule has 0 saturated heterocycles. The van der Waals surface area contributed by atoms with Crippen molar-refractivity contribution in [3.63, 3.8) is 0 Å². The van der Waals surface area contributed by atoms with Crippen LogP contribution in [-0.2, 0) is 4.79 Å². The zero-order chi connectivity index (χ0) is 8.10. The van der Waals surface area contributed by atoms with Crippen LogP contribution in [0.5, 0.6) is 0 Å². The van der Waals surface area contributed by atoms with E-state index in [1.54, 1.807) is 6.08 Å². The second-order valence-corrected chi connectivity index (χ2v) is 2.91. The van der Waals surface area contributed by atoms with Crippen molar-refractivity contribution in [2.45, 2.75) is 0 Å². The molecule has 11 heavy (non-hydrogen) atoms. The Morgan fingerprint density at radius 3 is 2.45 bits per heavy atom. The van der Waals surface area contributed by atoms with Gasteiger partial charge in [0.25, 0.3) is 0 Å². The number of benzene rings is 1. The van der Waals surface area contributed by atoms with Crippen LogP contribution < -0.4 is 0 Å². The fraction of sp³-hybridized carbons (Fsp3) is 0. The van der Waals surface area contributed by atoms with Crippen molar-refractivity contribution in [3.8, 4) is 0 Å². The predicted molar refractivity (Wildman–Crippen MR) is 46.2 cm³/mol.